The smallest absolute Gasteiger partial charge is 0.269 e. The maximum absolute atomic E-state index is 12.7. The predicted molar refractivity (Wildman–Crippen MR) is 117 cm³/mol. The fourth-order valence-corrected chi connectivity index (χ4v) is 3.87. The summed E-state index contributed by atoms with van der Waals surface area (Å²) in [6.07, 6.45) is 3.54. The quantitative estimate of drug-likeness (QED) is 0.468. The molecule has 0 unspecified atom stereocenters. The van der Waals surface area contributed by atoms with Gasteiger partial charge in [-0.25, -0.2) is 4.98 Å². The Morgan fingerprint density at radius 3 is 2.47 bits per heavy atom. The van der Waals surface area contributed by atoms with E-state index in [1.165, 1.54) is 11.8 Å². The van der Waals surface area contributed by atoms with E-state index >= 15 is 0 Å². The third kappa shape index (κ3) is 3.61. The van der Waals surface area contributed by atoms with Gasteiger partial charge in [-0.1, -0.05) is 42.8 Å². The first-order valence-electron chi connectivity index (χ1n) is 10.1. The Morgan fingerprint density at radius 2 is 1.83 bits per heavy atom. The van der Waals surface area contributed by atoms with E-state index in [1.54, 1.807) is 11.7 Å². The lowest BCUT2D eigenvalue weighted by Crippen LogP contribution is -2.21. The number of methoxy groups -OCH3 is 1. The van der Waals surface area contributed by atoms with Gasteiger partial charge in [-0.2, -0.15) is 0 Å². The minimum absolute atomic E-state index is 0.146. The van der Waals surface area contributed by atoms with Crippen LogP contribution in [0.15, 0.2) is 51.9 Å². The van der Waals surface area contributed by atoms with Gasteiger partial charge in [0.15, 0.2) is 0 Å². The summed E-state index contributed by atoms with van der Waals surface area (Å²) >= 11 is 0. The highest BCUT2D eigenvalue weighted by atomic mass is 16.5. The highest BCUT2D eigenvalue weighted by Crippen LogP contribution is 2.36. The van der Waals surface area contributed by atoms with Gasteiger partial charge in [-0.05, 0) is 37.5 Å². The summed E-state index contributed by atoms with van der Waals surface area (Å²) in [6, 6.07) is 12.2. The SMILES string of the molecule is CCCc1ccc(Cn2c(=O)cnc3cc(-c4c(C)noc4C)c(OC)cc32)cc1. The van der Waals surface area contributed by atoms with Gasteiger partial charge >= 0.3 is 0 Å². The van der Waals surface area contributed by atoms with Crippen molar-refractivity contribution in [1.82, 2.24) is 14.7 Å². The van der Waals surface area contributed by atoms with E-state index in [0.29, 0.717) is 23.6 Å². The third-order valence-electron chi connectivity index (χ3n) is 5.37. The molecule has 6 nitrogen and oxygen atoms in total. The second-order valence-electron chi connectivity index (χ2n) is 7.49. The highest BCUT2D eigenvalue weighted by molar-refractivity contribution is 5.87. The fraction of sp³-hybridized carbons (Fsp3) is 0.292. The molecule has 0 N–H and O–H groups in total. The van der Waals surface area contributed by atoms with Crippen molar-refractivity contribution in [1.29, 1.82) is 0 Å². The average molecular weight is 403 g/mol. The summed E-state index contributed by atoms with van der Waals surface area (Å²) in [5.74, 6) is 1.36. The zero-order valence-electron chi connectivity index (χ0n) is 17.7. The van der Waals surface area contributed by atoms with Crippen LogP contribution in [0.4, 0.5) is 0 Å². The second kappa shape index (κ2) is 8.14. The van der Waals surface area contributed by atoms with E-state index < -0.39 is 0 Å². The molecule has 0 radical (unpaired) electrons. The van der Waals surface area contributed by atoms with Gasteiger partial charge in [0.1, 0.15) is 11.5 Å². The van der Waals surface area contributed by atoms with Crippen LogP contribution in [-0.4, -0.2) is 21.8 Å². The minimum Gasteiger partial charge on any atom is -0.496 e. The Balaban J connectivity index is 1.83. The van der Waals surface area contributed by atoms with Gasteiger partial charge in [0.25, 0.3) is 5.56 Å². The molecule has 154 valence electrons. The molecule has 4 rings (SSSR count). The van der Waals surface area contributed by atoms with Crippen LogP contribution in [0.25, 0.3) is 22.2 Å². The fourth-order valence-electron chi connectivity index (χ4n) is 3.87. The second-order valence-corrected chi connectivity index (χ2v) is 7.49. The van der Waals surface area contributed by atoms with Crippen molar-refractivity contribution in [3.8, 4) is 16.9 Å². The van der Waals surface area contributed by atoms with Crippen LogP contribution in [0.3, 0.4) is 0 Å². The topological polar surface area (TPSA) is 70.2 Å². The van der Waals surface area contributed by atoms with Crippen molar-refractivity contribution in [3.63, 3.8) is 0 Å². The van der Waals surface area contributed by atoms with Gasteiger partial charge in [0.05, 0.1) is 42.1 Å². The van der Waals surface area contributed by atoms with Gasteiger partial charge in [0.2, 0.25) is 0 Å². The summed E-state index contributed by atoms with van der Waals surface area (Å²) < 4.78 is 12.7. The third-order valence-corrected chi connectivity index (χ3v) is 5.37. The van der Waals surface area contributed by atoms with E-state index in [9.17, 15) is 4.79 Å². The number of fused-ring (bicyclic) bond motifs is 1. The normalized spacial score (nSPS) is 11.2. The first-order valence-corrected chi connectivity index (χ1v) is 10.1. The molecule has 2 aromatic carbocycles. The molecule has 0 spiro atoms. The summed E-state index contributed by atoms with van der Waals surface area (Å²) in [4.78, 5) is 17.0. The number of aryl methyl sites for hydroxylation is 3. The lowest BCUT2D eigenvalue weighted by molar-refractivity contribution is 0.393. The van der Waals surface area contributed by atoms with Crippen molar-refractivity contribution in [3.05, 3.63) is 75.5 Å². The molecule has 0 aliphatic rings. The Bertz CT molecular complexity index is 1230. The van der Waals surface area contributed by atoms with Crippen molar-refractivity contribution in [2.24, 2.45) is 0 Å². The number of aromatic nitrogens is 3. The Kier molecular flexibility index (Phi) is 5.40. The van der Waals surface area contributed by atoms with Gasteiger partial charge in [-0.15, -0.1) is 0 Å². The Morgan fingerprint density at radius 1 is 1.10 bits per heavy atom. The largest absolute Gasteiger partial charge is 0.496 e. The lowest BCUT2D eigenvalue weighted by Gasteiger charge is -2.14. The zero-order valence-corrected chi connectivity index (χ0v) is 17.7. The molecular formula is C24H25N3O3. The Hall–Kier alpha value is -3.41. The number of benzene rings is 2. The molecule has 0 bridgehead atoms. The van der Waals surface area contributed by atoms with E-state index in [0.717, 1.165) is 40.7 Å². The van der Waals surface area contributed by atoms with Crippen molar-refractivity contribution in [2.75, 3.05) is 7.11 Å². The molecule has 0 aliphatic carbocycles. The molecule has 4 aromatic rings. The summed E-state index contributed by atoms with van der Waals surface area (Å²) in [6.45, 7) is 6.40. The molecule has 0 saturated carbocycles. The maximum atomic E-state index is 12.7. The van der Waals surface area contributed by atoms with E-state index in [4.69, 9.17) is 9.26 Å². The lowest BCUT2D eigenvalue weighted by atomic mass is 10.0. The van der Waals surface area contributed by atoms with E-state index in [-0.39, 0.29) is 5.56 Å². The number of hydrogen-bond donors (Lipinski definition) is 0. The molecule has 0 amide bonds. The molecule has 0 saturated heterocycles. The van der Waals surface area contributed by atoms with E-state index in [1.807, 2.05) is 26.0 Å². The Labute approximate surface area is 175 Å². The zero-order chi connectivity index (χ0) is 21.3. The van der Waals surface area contributed by atoms with Crippen molar-refractivity contribution < 1.29 is 9.26 Å². The maximum Gasteiger partial charge on any atom is 0.269 e. The molecule has 0 fully saturated rings. The van der Waals surface area contributed by atoms with Gasteiger partial charge in [-0.3, -0.25) is 4.79 Å². The molecule has 2 heterocycles. The van der Waals surface area contributed by atoms with Crippen LogP contribution < -0.4 is 10.3 Å². The van der Waals surface area contributed by atoms with Gasteiger partial charge in [0, 0.05) is 11.6 Å². The molecule has 6 heteroatoms. The van der Waals surface area contributed by atoms with Crippen molar-refractivity contribution >= 4 is 11.0 Å². The minimum atomic E-state index is -0.146. The predicted octanol–water partition coefficient (Wildman–Crippen LogP) is 4.68. The molecule has 0 aliphatic heterocycles. The van der Waals surface area contributed by atoms with Gasteiger partial charge < -0.3 is 13.8 Å². The number of ether oxygens (including phenoxy) is 1. The van der Waals surface area contributed by atoms with Crippen LogP contribution in [0, 0.1) is 13.8 Å². The molecule has 30 heavy (non-hydrogen) atoms. The summed E-state index contributed by atoms with van der Waals surface area (Å²) in [7, 11) is 1.62. The van der Waals surface area contributed by atoms with E-state index in [2.05, 4.69) is 41.3 Å². The van der Waals surface area contributed by atoms with Crippen LogP contribution in [0.2, 0.25) is 0 Å². The number of nitrogens with zero attached hydrogens (tertiary/aromatic N) is 3. The average Bonchev–Trinajstić information content (AvgIpc) is 3.08. The summed E-state index contributed by atoms with van der Waals surface area (Å²) in [5.41, 5.74) is 6.19. The highest BCUT2D eigenvalue weighted by Gasteiger charge is 2.18. The van der Waals surface area contributed by atoms with Crippen LogP contribution in [0.1, 0.15) is 35.9 Å². The van der Waals surface area contributed by atoms with Crippen LogP contribution >= 0.6 is 0 Å². The number of rotatable bonds is 6. The number of hydrogen-bond acceptors (Lipinski definition) is 5. The monoisotopic (exact) mass is 403 g/mol. The standard InChI is InChI=1S/C24H25N3O3/c1-5-6-17-7-9-18(10-8-17)14-27-21-12-22(29-4)19(11-20(21)25-13-23(27)28)24-15(2)26-30-16(24)3/h7-13H,5-6,14H2,1-4H3. The van der Waals surface area contributed by atoms with Crippen molar-refractivity contribution in [2.45, 2.75) is 40.2 Å². The molecule has 2 aromatic heterocycles. The first-order chi connectivity index (χ1) is 14.5. The van der Waals surface area contributed by atoms with Crippen LogP contribution in [-0.2, 0) is 13.0 Å². The first kappa shape index (κ1) is 19.9. The summed E-state index contributed by atoms with van der Waals surface area (Å²) in [5, 5.41) is 4.05. The van der Waals surface area contributed by atoms with Crippen LogP contribution in [0.5, 0.6) is 5.75 Å². The molecule has 0 atom stereocenters. The molecular weight excluding hydrogens is 378 g/mol.